The van der Waals surface area contributed by atoms with Crippen LogP contribution in [0.25, 0.3) is 0 Å². The highest BCUT2D eigenvalue weighted by Crippen LogP contribution is 2.65. The predicted molar refractivity (Wildman–Crippen MR) is 96.7 cm³/mol. The second kappa shape index (κ2) is 5.82. The standard InChI is InChI=1S/C21H33NO3/c1-20-9-6-16-14(15(20)4-5-17(20)24)12-13(8-11-23)19-21(16,2)10-7-18(25)22(19)3/h7,10,13-17,19,23-24H,4-6,8-9,11-12H2,1-3H3/t13-,14-,15-,16-,17-,19+,20-,21+/m0/s1. The average molecular weight is 347 g/mol. The van der Waals surface area contributed by atoms with E-state index in [1.165, 1.54) is 0 Å². The molecule has 4 heteroatoms. The summed E-state index contributed by atoms with van der Waals surface area (Å²) in [6.07, 6.45) is 9.95. The molecule has 3 fully saturated rings. The van der Waals surface area contributed by atoms with Crippen LogP contribution in [0, 0.1) is 34.5 Å². The molecule has 140 valence electrons. The van der Waals surface area contributed by atoms with Gasteiger partial charge in [-0.15, -0.1) is 0 Å². The number of carbonyl (C=O) groups is 1. The van der Waals surface area contributed by atoms with Gasteiger partial charge < -0.3 is 15.1 Å². The highest BCUT2D eigenvalue weighted by Gasteiger charge is 2.62. The number of likely N-dealkylation sites (N-methyl/N-ethyl adjacent to an activating group) is 1. The third-order valence-corrected chi connectivity index (χ3v) is 8.69. The molecule has 0 aromatic rings. The molecule has 1 aliphatic heterocycles. The summed E-state index contributed by atoms with van der Waals surface area (Å²) in [5.41, 5.74) is 0.0501. The van der Waals surface area contributed by atoms with Gasteiger partial charge in [0.15, 0.2) is 0 Å². The Morgan fingerprint density at radius 1 is 1.24 bits per heavy atom. The molecule has 2 N–H and O–H groups in total. The molecule has 25 heavy (non-hydrogen) atoms. The zero-order chi connectivity index (χ0) is 18.0. The summed E-state index contributed by atoms with van der Waals surface area (Å²) in [7, 11) is 1.94. The Balaban J connectivity index is 1.74. The molecule has 0 bridgehead atoms. The zero-order valence-electron chi connectivity index (χ0n) is 15.8. The first-order valence-electron chi connectivity index (χ1n) is 10.1. The minimum Gasteiger partial charge on any atom is -0.396 e. The van der Waals surface area contributed by atoms with Gasteiger partial charge in [0.2, 0.25) is 5.91 Å². The van der Waals surface area contributed by atoms with Crippen molar-refractivity contribution in [2.24, 2.45) is 34.5 Å². The van der Waals surface area contributed by atoms with E-state index < -0.39 is 0 Å². The second-order valence-corrected chi connectivity index (χ2v) is 9.62. The minimum absolute atomic E-state index is 0.0136. The van der Waals surface area contributed by atoms with E-state index in [0.29, 0.717) is 23.7 Å². The number of amides is 1. The molecule has 0 radical (unpaired) electrons. The van der Waals surface area contributed by atoms with Crippen LogP contribution < -0.4 is 0 Å². The van der Waals surface area contributed by atoms with Gasteiger partial charge in [-0.2, -0.15) is 0 Å². The quantitative estimate of drug-likeness (QED) is 0.807. The van der Waals surface area contributed by atoms with Crippen molar-refractivity contribution in [2.45, 2.75) is 64.5 Å². The number of hydrogen-bond donors (Lipinski definition) is 2. The van der Waals surface area contributed by atoms with Crippen molar-refractivity contribution >= 4 is 5.91 Å². The molecular formula is C21H33NO3. The van der Waals surface area contributed by atoms with Crippen molar-refractivity contribution in [3.63, 3.8) is 0 Å². The van der Waals surface area contributed by atoms with E-state index in [1.54, 1.807) is 6.08 Å². The number of carbonyl (C=O) groups excluding carboxylic acids is 1. The zero-order valence-corrected chi connectivity index (χ0v) is 15.8. The molecule has 8 atom stereocenters. The maximum atomic E-state index is 12.3. The summed E-state index contributed by atoms with van der Waals surface area (Å²) in [4.78, 5) is 14.3. The summed E-state index contributed by atoms with van der Waals surface area (Å²) in [5, 5.41) is 20.3. The SMILES string of the molecule is CN1C(=O)C=C[C@]2(C)[C@H]3CC[C@]4(C)[C@@H](O)CC[C@H]4[C@@H]3C[C@H](CCO)[C@@H]12. The summed E-state index contributed by atoms with van der Waals surface area (Å²) in [6, 6.07) is 0.189. The lowest BCUT2D eigenvalue weighted by molar-refractivity contribution is -0.149. The maximum Gasteiger partial charge on any atom is 0.246 e. The number of aliphatic hydroxyl groups excluding tert-OH is 2. The fraction of sp³-hybridized carbons (Fsp3) is 0.857. The molecule has 1 heterocycles. The van der Waals surface area contributed by atoms with E-state index >= 15 is 0 Å². The lowest BCUT2D eigenvalue weighted by Crippen LogP contribution is -2.63. The highest BCUT2D eigenvalue weighted by atomic mass is 16.3. The summed E-state index contributed by atoms with van der Waals surface area (Å²) in [6.45, 7) is 4.82. The molecule has 0 aromatic carbocycles. The van der Waals surface area contributed by atoms with Crippen molar-refractivity contribution in [1.82, 2.24) is 4.90 Å². The Bertz CT molecular complexity index is 590. The van der Waals surface area contributed by atoms with E-state index in [-0.39, 0.29) is 35.5 Å². The number of fused-ring (bicyclic) bond motifs is 5. The van der Waals surface area contributed by atoms with Gasteiger partial charge in [0.25, 0.3) is 0 Å². The van der Waals surface area contributed by atoms with Crippen LogP contribution in [0.4, 0.5) is 0 Å². The molecule has 4 rings (SSSR count). The molecule has 0 aromatic heterocycles. The third-order valence-electron chi connectivity index (χ3n) is 8.69. The molecule has 4 nitrogen and oxygen atoms in total. The van der Waals surface area contributed by atoms with Crippen LogP contribution in [0.3, 0.4) is 0 Å². The molecule has 0 unspecified atom stereocenters. The van der Waals surface area contributed by atoms with Crippen LogP contribution in [0.15, 0.2) is 12.2 Å². The van der Waals surface area contributed by atoms with Gasteiger partial charge in [-0.25, -0.2) is 0 Å². The first-order valence-corrected chi connectivity index (χ1v) is 10.1. The monoisotopic (exact) mass is 347 g/mol. The lowest BCUT2D eigenvalue weighted by Gasteiger charge is -2.62. The van der Waals surface area contributed by atoms with Gasteiger partial charge in [0.05, 0.1) is 6.10 Å². The van der Waals surface area contributed by atoms with Crippen LogP contribution in [-0.2, 0) is 4.79 Å². The number of aliphatic hydroxyl groups is 2. The Kier molecular flexibility index (Phi) is 4.08. The number of nitrogens with zero attached hydrogens (tertiary/aromatic N) is 1. The third kappa shape index (κ3) is 2.29. The van der Waals surface area contributed by atoms with Crippen LogP contribution in [0.1, 0.15) is 52.4 Å². The van der Waals surface area contributed by atoms with E-state index in [1.807, 2.05) is 11.9 Å². The molecule has 4 aliphatic rings. The summed E-state index contributed by atoms with van der Waals surface area (Å²) in [5.74, 6) is 2.19. The average Bonchev–Trinajstić information content (AvgIpc) is 2.87. The van der Waals surface area contributed by atoms with Gasteiger partial charge in [0.1, 0.15) is 0 Å². The molecule has 0 spiro atoms. The smallest absolute Gasteiger partial charge is 0.246 e. The van der Waals surface area contributed by atoms with E-state index in [2.05, 4.69) is 19.9 Å². The largest absolute Gasteiger partial charge is 0.396 e. The fourth-order valence-electron chi connectivity index (χ4n) is 7.47. The van der Waals surface area contributed by atoms with Crippen molar-refractivity contribution in [3.8, 4) is 0 Å². The van der Waals surface area contributed by atoms with Gasteiger partial charge >= 0.3 is 0 Å². The Labute approximate surface area is 151 Å². The fourth-order valence-corrected chi connectivity index (χ4v) is 7.47. The van der Waals surface area contributed by atoms with Crippen LogP contribution in [-0.4, -0.2) is 46.8 Å². The first-order chi connectivity index (χ1) is 11.8. The molecule has 3 aliphatic carbocycles. The Morgan fingerprint density at radius 2 is 2.00 bits per heavy atom. The maximum absolute atomic E-state index is 12.3. The Hall–Kier alpha value is -0.870. The van der Waals surface area contributed by atoms with E-state index in [4.69, 9.17) is 0 Å². The van der Waals surface area contributed by atoms with Crippen LogP contribution in [0.5, 0.6) is 0 Å². The topological polar surface area (TPSA) is 60.8 Å². The van der Waals surface area contributed by atoms with Gasteiger partial charge in [-0.1, -0.05) is 19.9 Å². The van der Waals surface area contributed by atoms with Gasteiger partial charge in [-0.3, -0.25) is 4.79 Å². The molecular weight excluding hydrogens is 314 g/mol. The number of rotatable bonds is 2. The van der Waals surface area contributed by atoms with Gasteiger partial charge in [0, 0.05) is 25.1 Å². The van der Waals surface area contributed by atoms with Crippen LogP contribution >= 0.6 is 0 Å². The van der Waals surface area contributed by atoms with E-state index in [0.717, 1.165) is 38.5 Å². The van der Waals surface area contributed by atoms with Crippen molar-refractivity contribution in [2.75, 3.05) is 13.7 Å². The lowest BCUT2D eigenvalue weighted by atomic mass is 9.46. The first kappa shape index (κ1) is 17.5. The molecule has 1 amide bonds. The Morgan fingerprint density at radius 3 is 2.72 bits per heavy atom. The van der Waals surface area contributed by atoms with Crippen LogP contribution in [0.2, 0.25) is 0 Å². The predicted octanol–water partition coefficient (Wildman–Crippen LogP) is 2.60. The van der Waals surface area contributed by atoms with E-state index in [9.17, 15) is 15.0 Å². The van der Waals surface area contributed by atoms with Crippen molar-refractivity contribution < 1.29 is 15.0 Å². The van der Waals surface area contributed by atoms with Crippen molar-refractivity contribution in [3.05, 3.63) is 12.2 Å². The minimum atomic E-state index is -0.161. The molecule has 0 saturated heterocycles. The normalized spacial score (nSPS) is 51.9. The number of hydrogen-bond acceptors (Lipinski definition) is 3. The van der Waals surface area contributed by atoms with Crippen molar-refractivity contribution in [1.29, 1.82) is 0 Å². The second-order valence-electron chi connectivity index (χ2n) is 9.62. The summed E-state index contributed by atoms with van der Waals surface area (Å²) < 4.78 is 0. The highest BCUT2D eigenvalue weighted by molar-refractivity contribution is 5.89. The summed E-state index contributed by atoms with van der Waals surface area (Å²) >= 11 is 0. The van der Waals surface area contributed by atoms with Gasteiger partial charge in [-0.05, 0) is 73.7 Å². The molecule has 3 saturated carbocycles.